The van der Waals surface area contributed by atoms with Gasteiger partial charge in [-0.2, -0.15) is 0 Å². The van der Waals surface area contributed by atoms with Gasteiger partial charge in [0.15, 0.2) is 0 Å². The summed E-state index contributed by atoms with van der Waals surface area (Å²) in [6, 6.07) is 0. The minimum Gasteiger partial charge on any atom is -0.468 e. The van der Waals surface area contributed by atoms with Gasteiger partial charge >= 0.3 is 5.97 Å². The van der Waals surface area contributed by atoms with Gasteiger partial charge in [0, 0.05) is 5.57 Å². The first-order chi connectivity index (χ1) is 8.56. The summed E-state index contributed by atoms with van der Waals surface area (Å²) in [6.07, 6.45) is 6.18. The van der Waals surface area contributed by atoms with Crippen LogP contribution in [0, 0.1) is 5.92 Å². The highest BCUT2D eigenvalue weighted by Crippen LogP contribution is 2.33. The van der Waals surface area contributed by atoms with Crippen molar-refractivity contribution in [3.63, 3.8) is 0 Å². The molecule has 2 rings (SSSR count). The first-order valence-corrected chi connectivity index (χ1v) is 5.53. The van der Waals surface area contributed by atoms with Gasteiger partial charge in [0.25, 0.3) is 5.91 Å². The lowest BCUT2D eigenvalue weighted by Gasteiger charge is -2.13. The maximum absolute atomic E-state index is 12.1. The maximum Gasteiger partial charge on any atom is 0.325 e. The highest BCUT2D eigenvalue weighted by molar-refractivity contribution is 6.17. The fourth-order valence-electron chi connectivity index (χ4n) is 2.11. The van der Waals surface area contributed by atoms with Crippen LogP contribution in [0.15, 0.2) is 36.0 Å². The molecule has 1 aliphatic carbocycles. The second kappa shape index (κ2) is 4.60. The van der Waals surface area contributed by atoms with Gasteiger partial charge in [-0.25, -0.2) is 0 Å². The molecular formula is C13H13NO4. The van der Waals surface area contributed by atoms with E-state index in [0.717, 1.165) is 10.5 Å². The SMILES string of the molecule is C=C1C(=O)N(CC(=O)OC)C(=O)C1C1=CC=CC1. The molecule has 1 saturated heterocycles. The number of hydrogen-bond acceptors (Lipinski definition) is 4. The van der Waals surface area contributed by atoms with Crippen molar-refractivity contribution in [2.75, 3.05) is 13.7 Å². The molecule has 0 saturated carbocycles. The van der Waals surface area contributed by atoms with Crippen molar-refractivity contribution in [1.29, 1.82) is 0 Å². The number of carbonyl (C=O) groups is 3. The summed E-state index contributed by atoms with van der Waals surface area (Å²) in [7, 11) is 1.21. The fraction of sp³-hybridized carbons (Fsp3) is 0.308. The minimum atomic E-state index is -0.628. The van der Waals surface area contributed by atoms with Crippen LogP contribution in [0.3, 0.4) is 0 Å². The summed E-state index contributed by atoms with van der Waals surface area (Å²) in [5.74, 6) is -2.14. The molecule has 0 radical (unpaired) electrons. The predicted octanol–water partition coefficient (Wildman–Crippen LogP) is 0.587. The standard InChI is InChI=1S/C13H13NO4/c1-8-11(9-5-3-4-6-9)13(17)14(12(8)16)7-10(15)18-2/h3-5,11H,1,6-7H2,2H3. The highest BCUT2D eigenvalue weighted by Gasteiger charge is 2.44. The molecule has 0 N–H and O–H groups in total. The molecule has 1 heterocycles. The number of imide groups is 1. The van der Waals surface area contributed by atoms with E-state index in [4.69, 9.17) is 0 Å². The van der Waals surface area contributed by atoms with Gasteiger partial charge < -0.3 is 4.74 Å². The van der Waals surface area contributed by atoms with Gasteiger partial charge in [-0.15, -0.1) is 0 Å². The van der Waals surface area contributed by atoms with Crippen LogP contribution in [-0.2, 0) is 19.1 Å². The molecule has 5 nitrogen and oxygen atoms in total. The zero-order valence-corrected chi connectivity index (χ0v) is 10.0. The lowest BCUT2D eigenvalue weighted by Crippen LogP contribution is -2.36. The van der Waals surface area contributed by atoms with Crippen molar-refractivity contribution in [2.24, 2.45) is 5.92 Å². The molecule has 0 aromatic heterocycles. The number of esters is 1. The predicted molar refractivity (Wildman–Crippen MR) is 63.2 cm³/mol. The van der Waals surface area contributed by atoms with Gasteiger partial charge in [-0.05, 0) is 12.0 Å². The lowest BCUT2D eigenvalue weighted by molar-refractivity contribution is -0.150. The number of carbonyl (C=O) groups excluding carboxylic acids is 3. The largest absolute Gasteiger partial charge is 0.468 e. The molecule has 2 amide bonds. The Morgan fingerprint density at radius 2 is 2.28 bits per heavy atom. The minimum absolute atomic E-state index is 0.221. The van der Waals surface area contributed by atoms with Gasteiger partial charge in [0.2, 0.25) is 5.91 Å². The van der Waals surface area contributed by atoms with E-state index >= 15 is 0 Å². The molecule has 0 bridgehead atoms. The number of nitrogens with zero attached hydrogens (tertiary/aromatic N) is 1. The number of amides is 2. The molecule has 0 aromatic rings. The van der Waals surface area contributed by atoms with Gasteiger partial charge in [-0.3, -0.25) is 19.3 Å². The van der Waals surface area contributed by atoms with E-state index in [1.165, 1.54) is 7.11 Å². The Morgan fingerprint density at radius 3 is 2.83 bits per heavy atom. The molecular weight excluding hydrogens is 234 g/mol. The van der Waals surface area contributed by atoms with Crippen molar-refractivity contribution in [2.45, 2.75) is 6.42 Å². The van der Waals surface area contributed by atoms with E-state index in [9.17, 15) is 14.4 Å². The molecule has 1 unspecified atom stereocenters. The topological polar surface area (TPSA) is 63.7 Å². The van der Waals surface area contributed by atoms with Crippen LogP contribution in [0.5, 0.6) is 0 Å². The van der Waals surface area contributed by atoms with E-state index < -0.39 is 23.7 Å². The van der Waals surface area contributed by atoms with Gasteiger partial charge in [-0.1, -0.05) is 24.8 Å². The zero-order valence-electron chi connectivity index (χ0n) is 10.0. The second-order valence-corrected chi connectivity index (χ2v) is 4.14. The zero-order chi connectivity index (χ0) is 13.3. The average Bonchev–Trinajstić information content (AvgIpc) is 2.93. The number of rotatable bonds is 3. The van der Waals surface area contributed by atoms with Crippen molar-refractivity contribution < 1.29 is 19.1 Å². The Bertz CT molecular complexity index is 501. The van der Waals surface area contributed by atoms with Crippen molar-refractivity contribution in [3.8, 4) is 0 Å². The molecule has 0 spiro atoms. The molecule has 0 aromatic carbocycles. The maximum atomic E-state index is 12.1. The summed E-state index contributed by atoms with van der Waals surface area (Å²) in [5, 5.41) is 0. The molecule has 1 fully saturated rings. The molecule has 5 heteroatoms. The molecule has 2 aliphatic rings. The van der Waals surface area contributed by atoms with Crippen molar-refractivity contribution in [1.82, 2.24) is 4.90 Å². The molecule has 1 atom stereocenters. The Morgan fingerprint density at radius 1 is 1.56 bits per heavy atom. The Kier molecular flexibility index (Phi) is 3.14. The molecule has 1 aliphatic heterocycles. The Hall–Kier alpha value is -2.17. The summed E-state index contributed by atoms with van der Waals surface area (Å²) < 4.78 is 4.46. The van der Waals surface area contributed by atoms with E-state index in [-0.39, 0.29) is 12.1 Å². The third-order valence-electron chi connectivity index (χ3n) is 3.07. The number of likely N-dealkylation sites (tertiary alicyclic amines) is 1. The van der Waals surface area contributed by atoms with Crippen molar-refractivity contribution in [3.05, 3.63) is 36.0 Å². The van der Waals surface area contributed by atoms with E-state index in [1.807, 2.05) is 18.2 Å². The third kappa shape index (κ3) is 1.88. The van der Waals surface area contributed by atoms with Crippen LogP contribution in [-0.4, -0.2) is 36.3 Å². The number of allylic oxidation sites excluding steroid dienone is 3. The summed E-state index contributed by atoms with van der Waals surface area (Å²) >= 11 is 0. The van der Waals surface area contributed by atoms with Gasteiger partial charge in [0.1, 0.15) is 6.54 Å². The lowest BCUT2D eigenvalue weighted by atomic mass is 9.93. The summed E-state index contributed by atoms with van der Waals surface area (Å²) in [6.45, 7) is 3.31. The van der Waals surface area contributed by atoms with Crippen molar-refractivity contribution >= 4 is 17.8 Å². The quantitative estimate of drug-likeness (QED) is 0.416. The van der Waals surface area contributed by atoms with E-state index in [2.05, 4.69) is 11.3 Å². The molecule has 18 heavy (non-hydrogen) atoms. The van der Waals surface area contributed by atoms with E-state index in [1.54, 1.807) is 0 Å². The number of hydrogen-bond donors (Lipinski definition) is 0. The Labute approximate surface area is 104 Å². The van der Waals surface area contributed by atoms with Crippen LogP contribution < -0.4 is 0 Å². The number of methoxy groups -OCH3 is 1. The summed E-state index contributed by atoms with van der Waals surface area (Å²) in [5.41, 5.74) is 1.06. The van der Waals surface area contributed by atoms with Crippen LogP contribution in [0.1, 0.15) is 6.42 Å². The summed E-state index contributed by atoms with van der Waals surface area (Å²) in [4.78, 5) is 36.1. The van der Waals surface area contributed by atoms with Gasteiger partial charge in [0.05, 0.1) is 13.0 Å². The average molecular weight is 247 g/mol. The first kappa shape index (κ1) is 12.3. The van der Waals surface area contributed by atoms with E-state index in [0.29, 0.717) is 6.42 Å². The van der Waals surface area contributed by atoms with Crippen LogP contribution in [0.2, 0.25) is 0 Å². The first-order valence-electron chi connectivity index (χ1n) is 5.53. The second-order valence-electron chi connectivity index (χ2n) is 4.14. The monoisotopic (exact) mass is 247 g/mol. The van der Waals surface area contributed by atoms with Crippen LogP contribution in [0.4, 0.5) is 0 Å². The molecule has 94 valence electrons. The normalized spacial score (nSPS) is 22.7. The smallest absolute Gasteiger partial charge is 0.325 e. The number of ether oxygens (including phenoxy) is 1. The highest BCUT2D eigenvalue weighted by atomic mass is 16.5. The van der Waals surface area contributed by atoms with Crippen LogP contribution in [0.25, 0.3) is 0 Å². The van der Waals surface area contributed by atoms with Crippen LogP contribution >= 0.6 is 0 Å². The Balaban J connectivity index is 2.21. The fourth-order valence-corrected chi connectivity index (χ4v) is 2.11. The third-order valence-corrected chi connectivity index (χ3v) is 3.07.